The van der Waals surface area contributed by atoms with Crippen LogP contribution in [0.15, 0.2) is 0 Å². The molecule has 0 spiro atoms. The molecule has 0 bridgehead atoms. The van der Waals surface area contributed by atoms with Crippen LogP contribution in [0.25, 0.3) is 0 Å². The number of carboxylic acid groups (broad SMARTS) is 1. The van der Waals surface area contributed by atoms with Crippen molar-refractivity contribution in [2.24, 2.45) is 5.73 Å². The zero-order chi connectivity index (χ0) is 10.9. The standard InChI is InChI=1S/C7H13NO3.C2H6/c1-5(9)6(8)3-2-4-7(10)11;1-2/h6H,2-4,8H2,1H3,(H,10,11);1-2H3. The van der Waals surface area contributed by atoms with Crippen LogP contribution in [0.5, 0.6) is 0 Å². The highest BCUT2D eigenvalue weighted by atomic mass is 16.4. The van der Waals surface area contributed by atoms with Gasteiger partial charge in [-0.15, -0.1) is 0 Å². The van der Waals surface area contributed by atoms with Crippen molar-refractivity contribution in [1.82, 2.24) is 0 Å². The van der Waals surface area contributed by atoms with Crippen molar-refractivity contribution in [3.63, 3.8) is 0 Å². The number of hydrogen-bond donors (Lipinski definition) is 2. The van der Waals surface area contributed by atoms with Crippen molar-refractivity contribution in [2.45, 2.75) is 46.1 Å². The Labute approximate surface area is 79.1 Å². The first kappa shape index (κ1) is 14.6. The second kappa shape index (κ2) is 9.19. The summed E-state index contributed by atoms with van der Waals surface area (Å²) < 4.78 is 0. The highest BCUT2D eigenvalue weighted by molar-refractivity contribution is 5.81. The van der Waals surface area contributed by atoms with Gasteiger partial charge < -0.3 is 10.8 Å². The first-order valence-corrected chi connectivity index (χ1v) is 4.52. The Morgan fingerprint density at radius 2 is 1.85 bits per heavy atom. The predicted molar refractivity (Wildman–Crippen MR) is 51.5 cm³/mol. The van der Waals surface area contributed by atoms with Crippen LogP contribution in [0.3, 0.4) is 0 Å². The molecule has 0 aliphatic rings. The van der Waals surface area contributed by atoms with Crippen LogP contribution in [0.2, 0.25) is 0 Å². The van der Waals surface area contributed by atoms with Crippen molar-refractivity contribution < 1.29 is 14.7 Å². The molecule has 0 aromatic carbocycles. The van der Waals surface area contributed by atoms with Crippen molar-refractivity contribution in [2.75, 3.05) is 0 Å². The van der Waals surface area contributed by atoms with Gasteiger partial charge in [-0.25, -0.2) is 0 Å². The molecule has 0 heterocycles. The Kier molecular flexibility index (Phi) is 10.3. The van der Waals surface area contributed by atoms with Crippen LogP contribution in [0, 0.1) is 0 Å². The van der Waals surface area contributed by atoms with E-state index in [0.29, 0.717) is 12.8 Å². The average molecular weight is 189 g/mol. The van der Waals surface area contributed by atoms with Crippen LogP contribution in [-0.2, 0) is 9.59 Å². The highest BCUT2D eigenvalue weighted by Crippen LogP contribution is 1.99. The summed E-state index contributed by atoms with van der Waals surface area (Å²) in [4.78, 5) is 20.6. The van der Waals surface area contributed by atoms with Gasteiger partial charge in [-0.1, -0.05) is 13.8 Å². The fraction of sp³-hybridized carbons (Fsp3) is 0.778. The third-order valence-electron chi connectivity index (χ3n) is 1.43. The topological polar surface area (TPSA) is 80.4 Å². The second-order valence-corrected chi connectivity index (χ2v) is 2.50. The lowest BCUT2D eigenvalue weighted by Crippen LogP contribution is -2.28. The molecular weight excluding hydrogens is 170 g/mol. The third kappa shape index (κ3) is 11.1. The Morgan fingerprint density at radius 1 is 1.38 bits per heavy atom. The van der Waals surface area contributed by atoms with E-state index in [1.54, 1.807) is 0 Å². The van der Waals surface area contributed by atoms with E-state index in [-0.39, 0.29) is 12.2 Å². The van der Waals surface area contributed by atoms with E-state index < -0.39 is 12.0 Å². The monoisotopic (exact) mass is 189 g/mol. The van der Waals surface area contributed by atoms with Gasteiger partial charge in [0, 0.05) is 6.42 Å². The number of aliphatic carboxylic acids is 1. The van der Waals surface area contributed by atoms with Crippen LogP contribution < -0.4 is 5.73 Å². The maximum Gasteiger partial charge on any atom is 0.303 e. The van der Waals surface area contributed by atoms with Gasteiger partial charge in [0.1, 0.15) is 5.78 Å². The lowest BCUT2D eigenvalue weighted by Gasteiger charge is -2.04. The number of carbonyl (C=O) groups is 2. The molecule has 0 saturated heterocycles. The van der Waals surface area contributed by atoms with Gasteiger partial charge in [0.25, 0.3) is 0 Å². The van der Waals surface area contributed by atoms with Gasteiger partial charge in [0.2, 0.25) is 0 Å². The van der Waals surface area contributed by atoms with Crippen molar-refractivity contribution in [3.05, 3.63) is 0 Å². The molecule has 0 aromatic heterocycles. The Balaban J connectivity index is 0. The summed E-state index contributed by atoms with van der Waals surface area (Å²) in [6.07, 6.45) is 1.01. The quantitative estimate of drug-likeness (QED) is 0.680. The Hall–Kier alpha value is -0.900. The van der Waals surface area contributed by atoms with Gasteiger partial charge in [0.05, 0.1) is 6.04 Å². The SMILES string of the molecule is CC.CC(=O)C(N)CCCC(=O)O. The van der Waals surface area contributed by atoms with E-state index in [4.69, 9.17) is 10.8 Å². The van der Waals surface area contributed by atoms with E-state index in [1.807, 2.05) is 13.8 Å². The Bertz CT molecular complexity index is 157. The lowest BCUT2D eigenvalue weighted by atomic mass is 10.1. The van der Waals surface area contributed by atoms with E-state index in [0.717, 1.165) is 0 Å². The van der Waals surface area contributed by atoms with Gasteiger partial charge in [-0.3, -0.25) is 9.59 Å². The zero-order valence-electron chi connectivity index (χ0n) is 8.54. The average Bonchev–Trinajstić information content (AvgIpc) is 2.07. The van der Waals surface area contributed by atoms with E-state index >= 15 is 0 Å². The van der Waals surface area contributed by atoms with Gasteiger partial charge in [-0.2, -0.15) is 0 Å². The molecule has 3 N–H and O–H groups in total. The minimum atomic E-state index is -0.847. The molecule has 0 aliphatic carbocycles. The van der Waals surface area contributed by atoms with E-state index in [1.165, 1.54) is 6.92 Å². The molecule has 0 aromatic rings. The summed E-state index contributed by atoms with van der Waals surface area (Å²) in [5.41, 5.74) is 5.36. The van der Waals surface area contributed by atoms with Gasteiger partial charge in [0.15, 0.2) is 0 Å². The smallest absolute Gasteiger partial charge is 0.303 e. The number of rotatable bonds is 5. The van der Waals surface area contributed by atoms with Crippen molar-refractivity contribution in [1.29, 1.82) is 0 Å². The molecule has 4 heteroatoms. The molecule has 1 atom stereocenters. The number of Topliss-reactive ketones (excluding diaryl/α,β-unsaturated/α-hetero) is 1. The number of carbonyl (C=O) groups excluding carboxylic acids is 1. The molecule has 0 aliphatic heterocycles. The summed E-state index contributed by atoms with van der Waals surface area (Å²) in [5.74, 6) is -0.934. The lowest BCUT2D eigenvalue weighted by molar-refractivity contribution is -0.137. The molecule has 78 valence electrons. The van der Waals surface area contributed by atoms with Crippen molar-refractivity contribution in [3.8, 4) is 0 Å². The molecule has 0 amide bonds. The number of carboxylic acids is 1. The first-order chi connectivity index (χ1) is 6.04. The molecular formula is C9H19NO3. The molecule has 1 unspecified atom stereocenters. The van der Waals surface area contributed by atoms with Crippen LogP contribution in [-0.4, -0.2) is 22.9 Å². The third-order valence-corrected chi connectivity index (χ3v) is 1.43. The minimum absolute atomic E-state index is 0.0843. The summed E-state index contributed by atoms with van der Waals surface area (Å²) in [6, 6.07) is -0.491. The van der Waals surface area contributed by atoms with Crippen LogP contribution in [0.4, 0.5) is 0 Å². The minimum Gasteiger partial charge on any atom is -0.481 e. The van der Waals surface area contributed by atoms with Crippen LogP contribution >= 0.6 is 0 Å². The molecule has 0 radical (unpaired) electrons. The maximum atomic E-state index is 10.5. The highest BCUT2D eigenvalue weighted by Gasteiger charge is 2.07. The fourth-order valence-electron chi connectivity index (χ4n) is 0.676. The van der Waals surface area contributed by atoms with E-state index in [2.05, 4.69) is 0 Å². The number of nitrogens with two attached hydrogens (primary N) is 1. The molecule has 0 saturated carbocycles. The molecule has 0 rings (SSSR count). The van der Waals surface area contributed by atoms with E-state index in [9.17, 15) is 9.59 Å². The summed E-state index contributed by atoms with van der Waals surface area (Å²) in [6.45, 7) is 5.41. The summed E-state index contributed by atoms with van der Waals surface area (Å²) in [5, 5.41) is 8.24. The number of hydrogen-bond acceptors (Lipinski definition) is 3. The summed E-state index contributed by atoms with van der Waals surface area (Å²) in [7, 11) is 0. The second-order valence-electron chi connectivity index (χ2n) is 2.50. The number of ketones is 1. The largest absolute Gasteiger partial charge is 0.481 e. The normalized spacial score (nSPS) is 11.1. The molecule has 4 nitrogen and oxygen atoms in total. The molecule has 13 heavy (non-hydrogen) atoms. The maximum absolute atomic E-state index is 10.5. The first-order valence-electron chi connectivity index (χ1n) is 4.52. The predicted octanol–water partition coefficient (Wildman–Crippen LogP) is 1.18. The van der Waals surface area contributed by atoms with Crippen LogP contribution in [0.1, 0.15) is 40.0 Å². The fourth-order valence-corrected chi connectivity index (χ4v) is 0.676. The van der Waals surface area contributed by atoms with Gasteiger partial charge >= 0.3 is 5.97 Å². The van der Waals surface area contributed by atoms with Crippen molar-refractivity contribution >= 4 is 11.8 Å². The summed E-state index contributed by atoms with van der Waals surface area (Å²) >= 11 is 0. The zero-order valence-corrected chi connectivity index (χ0v) is 8.54. The Morgan fingerprint density at radius 3 is 2.15 bits per heavy atom. The van der Waals surface area contributed by atoms with Gasteiger partial charge in [-0.05, 0) is 19.8 Å². The molecule has 0 fully saturated rings.